The van der Waals surface area contributed by atoms with E-state index < -0.39 is 0 Å². The van der Waals surface area contributed by atoms with Crippen LogP contribution in [0.4, 0.5) is 0 Å². The van der Waals surface area contributed by atoms with Gasteiger partial charge in [-0.25, -0.2) is 0 Å². The highest BCUT2D eigenvalue weighted by Gasteiger charge is 2.18. The molecule has 0 atom stereocenters. The molecular weight excluding hydrogens is 308 g/mol. The first-order chi connectivity index (χ1) is 11.6. The van der Waals surface area contributed by atoms with Crippen LogP contribution in [0.3, 0.4) is 0 Å². The lowest BCUT2D eigenvalue weighted by atomic mass is 10.1. The van der Waals surface area contributed by atoms with Gasteiger partial charge in [0, 0.05) is 11.6 Å². The summed E-state index contributed by atoms with van der Waals surface area (Å²) in [7, 11) is 4.66. The van der Waals surface area contributed by atoms with Crippen LogP contribution >= 0.6 is 0 Å². The summed E-state index contributed by atoms with van der Waals surface area (Å²) in [5.41, 5.74) is 1.90. The van der Waals surface area contributed by atoms with Crippen LogP contribution < -0.4 is 19.6 Å². The number of aryl methyl sites for hydroxylation is 1. The van der Waals surface area contributed by atoms with E-state index in [9.17, 15) is 4.79 Å². The first kappa shape index (κ1) is 15.9. The molecule has 3 rings (SSSR count). The summed E-state index contributed by atoms with van der Waals surface area (Å²) < 4.78 is 21.8. The molecular formula is C19H18O5. The molecule has 0 radical (unpaired) electrons. The number of ether oxygens (including phenoxy) is 3. The van der Waals surface area contributed by atoms with Crippen LogP contribution in [0.5, 0.6) is 17.2 Å². The Morgan fingerprint density at radius 1 is 0.875 bits per heavy atom. The Kier molecular flexibility index (Phi) is 4.16. The Bertz CT molecular complexity index is 939. The molecule has 0 spiro atoms. The molecule has 0 bridgehead atoms. The van der Waals surface area contributed by atoms with E-state index in [0.717, 1.165) is 16.9 Å². The van der Waals surface area contributed by atoms with Gasteiger partial charge >= 0.3 is 0 Å². The number of rotatable bonds is 4. The third-order valence-electron chi connectivity index (χ3n) is 3.90. The Morgan fingerprint density at radius 2 is 1.54 bits per heavy atom. The summed E-state index contributed by atoms with van der Waals surface area (Å²) in [4.78, 5) is 12.6. The third kappa shape index (κ3) is 2.58. The van der Waals surface area contributed by atoms with Gasteiger partial charge in [-0.3, -0.25) is 4.79 Å². The molecule has 124 valence electrons. The number of fused-ring (bicyclic) bond motifs is 1. The minimum atomic E-state index is -0.183. The Labute approximate surface area is 139 Å². The minimum Gasteiger partial charge on any atom is -0.497 e. The maximum absolute atomic E-state index is 12.6. The summed E-state index contributed by atoms with van der Waals surface area (Å²) in [6.07, 6.45) is 0. The highest BCUT2D eigenvalue weighted by molar-refractivity contribution is 5.88. The quantitative estimate of drug-likeness (QED) is 0.730. The van der Waals surface area contributed by atoms with Gasteiger partial charge in [-0.05, 0) is 42.8 Å². The van der Waals surface area contributed by atoms with Crippen LogP contribution in [0.1, 0.15) is 5.56 Å². The van der Waals surface area contributed by atoms with E-state index in [2.05, 4.69) is 0 Å². The van der Waals surface area contributed by atoms with Crippen molar-refractivity contribution in [1.82, 2.24) is 0 Å². The maximum Gasteiger partial charge on any atom is 0.197 e. The van der Waals surface area contributed by atoms with Crippen molar-refractivity contribution in [3.63, 3.8) is 0 Å². The Hall–Kier alpha value is -2.95. The van der Waals surface area contributed by atoms with Gasteiger partial charge in [0.15, 0.2) is 16.9 Å². The highest BCUT2D eigenvalue weighted by atomic mass is 16.5. The molecule has 5 nitrogen and oxygen atoms in total. The zero-order valence-corrected chi connectivity index (χ0v) is 14.0. The molecule has 3 aromatic rings. The lowest BCUT2D eigenvalue weighted by Gasteiger charge is -2.13. The third-order valence-corrected chi connectivity index (χ3v) is 3.90. The number of hydrogen-bond donors (Lipinski definition) is 0. The second-order valence-corrected chi connectivity index (χ2v) is 5.34. The van der Waals surface area contributed by atoms with Gasteiger partial charge in [0.2, 0.25) is 0 Å². The normalized spacial score (nSPS) is 10.7. The van der Waals surface area contributed by atoms with Gasteiger partial charge in [0.1, 0.15) is 22.5 Å². The van der Waals surface area contributed by atoms with E-state index in [1.165, 1.54) is 13.2 Å². The van der Waals surface area contributed by atoms with E-state index >= 15 is 0 Å². The van der Waals surface area contributed by atoms with Gasteiger partial charge in [-0.1, -0.05) is 0 Å². The average Bonchev–Trinajstić information content (AvgIpc) is 2.60. The molecule has 2 aromatic carbocycles. The molecule has 0 saturated heterocycles. The fourth-order valence-electron chi connectivity index (χ4n) is 2.74. The van der Waals surface area contributed by atoms with Gasteiger partial charge < -0.3 is 18.6 Å². The van der Waals surface area contributed by atoms with E-state index in [4.69, 9.17) is 18.6 Å². The lowest BCUT2D eigenvalue weighted by Crippen LogP contribution is -2.05. The van der Waals surface area contributed by atoms with Crippen LogP contribution in [0.25, 0.3) is 22.3 Å². The highest BCUT2D eigenvalue weighted by Crippen LogP contribution is 2.38. The van der Waals surface area contributed by atoms with Crippen molar-refractivity contribution in [3.05, 3.63) is 52.2 Å². The van der Waals surface area contributed by atoms with Crippen LogP contribution in [-0.4, -0.2) is 21.3 Å². The van der Waals surface area contributed by atoms with Crippen molar-refractivity contribution in [2.24, 2.45) is 0 Å². The monoisotopic (exact) mass is 326 g/mol. The van der Waals surface area contributed by atoms with E-state index in [0.29, 0.717) is 28.2 Å². The number of hydrogen-bond acceptors (Lipinski definition) is 5. The summed E-state index contributed by atoms with van der Waals surface area (Å²) in [5, 5.41) is 0.372. The molecule has 0 aliphatic heterocycles. The van der Waals surface area contributed by atoms with Crippen molar-refractivity contribution in [2.75, 3.05) is 21.3 Å². The average molecular weight is 326 g/mol. The first-order valence-corrected chi connectivity index (χ1v) is 7.43. The van der Waals surface area contributed by atoms with Gasteiger partial charge in [-0.2, -0.15) is 0 Å². The molecule has 0 aliphatic rings. The van der Waals surface area contributed by atoms with Crippen molar-refractivity contribution in [3.8, 4) is 28.6 Å². The fraction of sp³-hybridized carbons (Fsp3) is 0.211. The molecule has 0 saturated carbocycles. The summed E-state index contributed by atoms with van der Waals surface area (Å²) in [6, 6.07) is 10.6. The van der Waals surface area contributed by atoms with Crippen molar-refractivity contribution in [2.45, 2.75) is 6.92 Å². The van der Waals surface area contributed by atoms with Gasteiger partial charge in [0.05, 0.1) is 21.3 Å². The van der Waals surface area contributed by atoms with Crippen molar-refractivity contribution >= 4 is 11.0 Å². The second-order valence-electron chi connectivity index (χ2n) is 5.34. The lowest BCUT2D eigenvalue weighted by molar-refractivity contribution is 0.356. The number of methoxy groups -OCH3 is 3. The van der Waals surface area contributed by atoms with Gasteiger partial charge in [0.25, 0.3) is 0 Å². The molecule has 0 aliphatic carbocycles. The molecule has 24 heavy (non-hydrogen) atoms. The standard InChI is InChI=1S/C19H18O5/c1-11-9-16-17(19(23-4)18(11)22-3)14(20)10-15(24-16)12-5-7-13(21-2)8-6-12/h5-10H,1-4H3. The van der Waals surface area contributed by atoms with Crippen LogP contribution in [-0.2, 0) is 0 Å². The molecule has 5 heteroatoms. The molecule has 1 heterocycles. The van der Waals surface area contributed by atoms with E-state index in [-0.39, 0.29) is 5.43 Å². The second kappa shape index (κ2) is 6.28. The zero-order valence-electron chi connectivity index (χ0n) is 14.0. The van der Waals surface area contributed by atoms with E-state index in [1.54, 1.807) is 20.3 Å². The summed E-state index contributed by atoms with van der Waals surface area (Å²) in [5.74, 6) is 2.16. The van der Waals surface area contributed by atoms with Crippen LogP contribution in [0.15, 0.2) is 45.6 Å². The molecule has 0 unspecified atom stereocenters. The molecule has 0 fully saturated rings. The largest absolute Gasteiger partial charge is 0.497 e. The predicted molar refractivity (Wildman–Crippen MR) is 92.3 cm³/mol. The van der Waals surface area contributed by atoms with Gasteiger partial charge in [-0.15, -0.1) is 0 Å². The van der Waals surface area contributed by atoms with Crippen molar-refractivity contribution < 1.29 is 18.6 Å². The topological polar surface area (TPSA) is 57.9 Å². The molecule has 0 amide bonds. The maximum atomic E-state index is 12.6. The first-order valence-electron chi connectivity index (χ1n) is 7.43. The predicted octanol–water partition coefficient (Wildman–Crippen LogP) is 3.79. The Balaban J connectivity index is 2.25. The van der Waals surface area contributed by atoms with Crippen LogP contribution in [0.2, 0.25) is 0 Å². The van der Waals surface area contributed by atoms with Crippen molar-refractivity contribution in [1.29, 1.82) is 0 Å². The fourth-order valence-corrected chi connectivity index (χ4v) is 2.74. The SMILES string of the molecule is COc1ccc(-c2cc(=O)c3c(OC)c(OC)c(C)cc3o2)cc1. The minimum absolute atomic E-state index is 0.183. The summed E-state index contributed by atoms with van der Waals surface area (Å²) >= 11 is 0. The zero-order chi connectivity index (χ0) is 17.3. The molecule has 1 aromatic heterocycles. The van der Waals surface area contributed by atoms with E-state index in [1.807, 2.05) is 31.2 Å². The summed E-state index contributed by atoms with van der Waals surface area (Å²) in [6.45, 7) is 1.88. The smallest absolute Gasteiger partial charge is 0.197 e. The number of benzene rings is 2. The van der Waals surface area contributed by atoms with Crippen LogP contribution in [0, 0.1) is 6.92 Å². The molecule has 0 N–H and O–H groups in total. The Morgan fingerprint density at radius 3 is 2.12 bits per heavy atom.